The molecule has 0 aliphatic carbocycles. The van der Waals surface area contributed by atoms with Gasteiger partial charge in [-0.2, -0.15) is 0 Å². The summed E-state index contributed by atoms with van der Waals surface area (Å²) in [4.78, 5) is 11.4. The van der Waals surface area contributed by atoms with Gasteiger partial charge < -0.3 is 11.1 Å². The lowest BCUT2D eigenvalue weighted by Crippen LogP contribution is -2.09. The quantitative estimate of drug-likeness (QED) is 0.805. The van der Waals surface area contributed by atoms with E-state index < -0.39 is 0 Å². The normalized spacial score (nSPS) is 19.4. The van der Waals surface area contributed by atoms with Crippen molar-refractivity contribution < 1.29 is 4.79 Å². The Morgan fingerprint density at radius 1 is 1.57 bits per heavy atom. The Balaban J connectivity index is 2.61. The first-order chi connectivity index (χ1) is 6.63. The maximum atomic E-state index is 11.4. The minimum absolute atomic E-state index is 0.0489. The molecule has 0 aromatic heterocycles. The summed E-state index contributed by atoms with van der Waals surface area (Å²) in [6, 6.07) is 3.91. The van der Waals surface area contributed by atoms with Gasteiger partial charge in [0.25, 0.3) is 0 Å². The highest BCUT2D eigenvalue weighted by Crippen LogP contribution is 2.37. The first-order valence-electron chi connectivity index (χ1n) is 4.46. The maximum Gasteiger partial charge on any atom is 0.231 e. The molecule has 14 heavy (non-hydrogen) atoms. The van der Waals surface area contributed by atoms with Crippen LogP contribution < -0.4 is 11.1 Å². The van der Waals surface area contributed by atoms with E-state index in [1.54, 1.807) is 0 Å². The number of hydrogen-bond donors (Lipinski definition) is 2. The van der Waals surface area contributed by atoms with E-state index in [1.165, 1.54) is 0 Å². The summed E-state index contributed by atoms with van der Waals surface area (Å²) in [7, 11) is 0. The highest BCUT2D eigenvalue weighted by molar-refractivity contribution is 9.10. The molecule has 3 nitrogen and oxygen atoms in total. The topological polar surface area (TPSA) is 55.1 Å². The Bertz CT molecular complexity index is 403. The smallest absolute Gasteiger partial charge is 0.231 e. The number of fused-ring (bicyclic) bond motifs is 1. The molecule has 1 aromatic rings. The second-order valence-electron chi connectivity index (χ2n) is 3.44. The SMILES string of the molecule is CC1C(=O)Nc2c(CN)cc(Br)cc21. The lowest BCUT2D eigenvalue weighted by Gasteiger charge is -2.07. The van der Waals surface area contributed by atoms with Gasteiger partial charge in [-0.15, -0.1) is 0 Å². The summed E-state index contributed by atoms with van der Waals surface area (Å²) in [5.41, 5.74) is 8.52. The van der Waals surface area contributed by atoms with E-state index in [2.05, 4.69) is 21.2 Å². The monoisotopic (exact) mass is 254 g/mol. The van der Waals surface area contributed by atoms with Crippen molar-refractivity contribution in [1.82, 2.24) is 0 Å². The molecule has 1 aromatic carbocycles. The summed E-state index contributed by atoms with van der Waals surface area (Å²) in [6.07, 6.45) is 0. The van der Waals surface area contributed by atoms with Gasteiger partial charge in [0.15, 0.2) is 0 Å². The van der Waals surface area contributed by atoms with Gasteiger partial charge in [-0.3, -0.25) is 4.79 Å². The van der Waals surface area contributed by atoms with Crippen molar-refractivity contribution in [3.05, 3.63) is 27.7 Å². The average Bonchev–Trinajstić information content (AvgIpc) is 2.43. The molecule has 1 heterocycles. The van der Waals surface area contributed by atoms with Crippen LogP contribution in [0.4, 0.5) is 5.69 Å². The van der Waals surface area contributed by atoms with Gasteiger partial charge in [0.1, 0.15) is 0 Å². The van der Waals surface area contributed by atoms with Gasteiger partial charge in [-0.05, 0) is 30.2 Å². The van der Waals surface area contributed by atoms with Crippen molar-refractivity contribution in [3.63, 3.8) is 0 Å². The molecular weight excluding hydrogens is 244 g/mol. The lowest BCUT2D eigenvalue weighted by molar-refractivity contribution is -0.116. The Hall–Kier alpha value is -0.870. The summed E-state index contributed by atoms with van der Waals surface area (Å²) in [5.74, 6) is -0.0272. The van der Waals surface area contributed by atoms with E-state index in [1.807, 2.05) is 19.1 Å². The van der Waals surface area contributed by atoms with Crippen LogP contribution in [0, 0.1) is 0 Å². The number of amides is 1. The Kier molecular flexibility index (Phi) is 2.33. The van der Waals surface area contributed by atoms with Crippen LogP contribution in [0.1, 0.15) is 24.0 Å². The van der Waals surface area contributed by atoms with Crippen molar-refractivity contribution in [2.45, 2.75) is 19.4 Å². The van der Waals surface area contributed by atoms with Crippen molar-refractivity contribution in [3.8, 4) is 0 Å². The molecule has 74 valence electrons. The molecule has 0 spiro atoms. The third-order valence-electron chi connectivity index (χ3n) is 2.54. The number of nitrogens with one attached hydrogen (secondary N) is 1. The number of anilines is 1. The number of halogens is 1. The molecule has 1 amide bonds. The molecule has 4 heteroatoms. The van der Waals surface area contributed by atoms with Crippen LogP contribution in [0.25, 0.3) is 0 Å². The number of rotatable bonds is 1. The summed E-state index contributed by atoms with van der Waals surface area (Å²) in [6.45, 7) is 2.34. The van der Waals surface area contributed by atoms with Crippen LogP contribution in [0.5, 0.6) is 0 Å². The molecule has 1 aliphatic rings. The molecular formula is C10H11BrN2O. The van der Waals surface area contributed by atoms with Gasteiger partial charge in [0.2, 0.25) is 5.91 Å². The van der Waals surface area contributed by atoms with Crippen LogP contribution in [0.15, 0.2) is 16.6 Å². The van der Waals surface area contributed by atoms with E-state index in [0.29, 0.717) is 6.54 Å². The summed E-state index contributed by atoms with van der Waals surface area (Å²) >= 11 is 3.41. The van der Waals surface area contributed by atoms with Crippen molar-refractivity contribution in [1.29, 1.82) is 0 Å². The number of hydrogen-bond acceptors (Lipinski definition) is 2. The van der Waals surface area contributed by atoms with Crippen LogP contribution in [-0.2, 0) is 11.3 Å². The Labute approximate surface area is 90.8 Å². The second-order valence-corrected chi connectivity index (χ2v) is 4.36. The minimum Gasteiger partial charge on any atom is -0.326 e. The van der Waals surface area contributed by atoms with E-state index in [4.69, 9.17) is 5.73 Å². The van der Waals surface area contributed by atoms with Crippen LogP contribution in [0.2, 0.25) is 0 Å². The fourth-order valence-corrected chi connectivity index (χ4v) is 2.24. The molecule has 0 bridgehead atoms. The Morgan fingerprint density at radius 3 is 2.93 bits per heavy atom. The molecule has 3 N–H and O–H groups in total. The largest absolute Gasteiger partial charge is 0.326 e. The maximum absolute atomic E-state index is 11.4. The Morgan fingerprint density at radius 2 is 2.29 bits per heavy atom. The molecule has 0 radical (unpaired) electrons. The highest BCUT2D eigenvalue weighted by Gasteiger charge is 2.28. The minimum atomic E-state index is -0.0761. The zero-order valence-electron chi connectivity index (χ0n) is 7.80. The van der Waals surface area contributed by atoms with E-state index >= 15 is 0 Å². The fourth-order valence-electron chi connectivity index (χ4n) is 1.71. The van der Waals surface area contributed by atoms with Crippen molar-refractivity contribution >= 4 is 27.5 Å². The zero-order valence-corrected chi connectivity index (χ0v) is 9.39. The predicted molar refractivity (Wildman–Crippen MR) is 59.1 cm³/mol. The number of carbonyl (C=O) groups excluding carboxylic acids is 1. The van der Waals surface area contributed by atoms with Gasteiger partial charge in [0, 0.05) is 16.7 Å². The molecule has 0 fully saturated rings. The molecule has 1 unspecified atom stereocenters. The van der Waals surface area contributed by atoms with Crippen molar-refractivity contribution in [2.75, 3.05) is 5.32 Å². The average molecular weight is 255 g/mol. The molecule has 0 saturated heterocycles. The van der Waals surface area contributed by atoms with Gasteiger partial charge in [0.05, 0.1) is 5.92 Å². The standard InChI is InChI=1S/C10H11BrN2O/c1-5-8-3-7(11)2-6(4-12)9(8)13-10(5)14/h2-3,5H,4,12H2,1H3,(H,13,14). The third kappa shape index (κ3) is 1.35. The fraction of sp³-hybridized carbons (Fsp3) is 0.300. The second kappa shape index (κ2) is 3.37. The number of benzene rings is 1. The van der Waals surface area contributed by atoms with Gasteiger partial charge >= 0.3 is 0 Å². The first kappa shape index (κ1) is 9.68. The van der Waals surface area contributed by atoms with E-state index in [9.17, 15) is 4.79 Å². The lowest BCUT2D eigenvalue weighted by atomic mass is 10.0. The van der Waals surface area contributed by atoms with Crippen LogP contribution in [-0.4, -0.2) is 5.91 Å². The van der Waals surface area contributed by atoms with E-state index in [-0.39, 0.29) is 11.8 Å². The first-order valence-corrected chi connectivity index (χ1v) is 5.26. The zero-order chi connectivity index (χ0) is 10.3. The summed E-state index contributed by atoms with van der Waals surface area (Å²) in [5, 5.41) is 2.85. The van der Waals surface area contributed by atoms with Crippen molar-refractivity contribution in [2.24, 2.45) is 5.73 Å². The number of nitrogens with two attached hydrogens (primary N) is 1. The van der Waals surface area contributed by atoms with E-state index in [0.717, 1.165) is 21.3 Å². The van der Waals surface area contributed by atoms with Crippen LogP contribution >= 0.6 is 15.9 Å². The molecule has 0 saturated carbocycles. The highest BCUT2D eigenvalue weighted by atomic mass is 79.9. The molecule has 1 atom stereocenters. The van der Waals surface area contributed by atoms with Gasteiger partial charge in [-0.25, -0.2) is 0 Å². The number of carbonyl (C=O) groups is 1. The van der Waals surface area contributed by atoms with Gasteiger partial charge in [-0.1, -0.05) is 15.9 Å². The predicted octanol–water partition coefficient (Wildman–Crippen LogP) is 1.96. The molecule has 2 rings (SSSR count). The summed E-state index contributed by atoms with van der Waals surface area (Å²) < 4.78 is 0.972. The van der Waals surface area contributed by atoms with Crippen LogP contribution in [0.3, 0.4) is 0 Å². The third-order valence-corrected chi connectivity index (χ3v) is 3.00. The molecule has 1 aliphatic heterocycles.